The molecule has 1 amide bonds. The van der Waals surface area contributed by atoms with E-state index in [1.807, 2.05) is 0 Å². The molecule has 1 fully saturated rings. The molecule has 0 saturated heterocycles. The summed E-state index contributed by atoms with van der Waals surface area (Å²) in [6.45, 7) is 0. The molecule has 2 unspecified atom stereocenters. The van der Waals surface area contributed by atoms with Crippen LogP contribution in [0.5, 0.6) is 5.75 Å². The molecule has 2 atom stereocenters. The number of benzene rings is 1. The minimum absolute atomic E-state index is 0.0463. The number of rotatable bonds is 2. The quantitative estimate of drug-likeness (QED) is 0.646. The summed E-state index contributed by atoms with van der Waals surface area (Å²) in [7, 11) is 0. The Morgan fingerprint density at radius 3 is 2.79 bits per heavy atom. The van der Waals surface area contributed by atoms with E-state index in [1.54, 1.807) is 6.07 Å². The maximum Gasteiger partial charge on any atom is 0.255 e. The number of hydrogen-bond donors (Lipinski definition) is 2. The van der Waals surface area contributed by atoms with Gasteiger partial charge in [0, 0.05) is 11.1 Å². The molecular formula is C14H17Cl2NO2. The predicted molar refractivity (Wildman–Crippen MR) is 77.1 cm³/mol. The Morgan fingerprint density at radius 2 is 2.00 bits per heavy atom. The Labute approximate surface area is 122 Å². The van der Waals surface area contributed by atoms with Crippen LogP contribution in [0.3, 0.4) is 0 Å². The summed E-state index contributed by atoms with van der Waals surface area (Å²) in [5.41, 5.74) is 0.195. The van der Waals surface area contributed by atoms with E-state index in [1.165, 1.54) is 12.1 Å². The number of phenolic OH excluding ortho intramolecular Hbond substituents is 1. The fourth-order valence-corrected chi connectivity index (χ4v) is 2.88. The van der Waals surface area contributed by atoms with Crippen molar-refractivity contribution in [2.75, 3.05) is 0 Å². The Hall–Kier alpha value is -0.930. The van der Waals surface area contributed by atoms with Crippen LogP contribution in [0.25, 0.3) is 0 Å². The summed E-state index contributed by atoms with van der Waals surface area (Å²) in [6, 6.07) is 4.38. The summed E-state index contributed by atoms with van der Waals surface area (Å²) >= 11 is 12.1. The van der Waals surface area contributed by atoms with Crippen LogP contribution in [-0.4, -0.2) is 22.4 Å². The third-order valence-corrected chi connectivity index (χ3v) is 4.21. The van der Waals surface area contributed by atoms with Gasteiger partial charge in [-0.2, -0.15) is 0 Å². The Balaban J connectivity index is 2.09. The lowest BCUT2D eigenvalue weighted by atomic mass is 10.1. The van der Waals surface area contributed by atoms with Crippen molar-refractivity contribution < 1.29 is 9.90 Å². The number of halogens is 2. The van der Waals surface area contributed by atoms with Gasteiger partial charge < -0.3 is 10.4 Å². The van der Waals surface area contributed by atoms with Crippen molar-refractivity contribution in [1.82, 2.24) is 5.32 Å². The van der Waals surface area contributed by atoms with Crippen molar-refractivity contribution in [2.45, 2.75) is 43.5 Å². The largest absolute Gasteiger partial charge is 0.507 e. The van der Waals surface area contributed by atoms with Crippen LogP contribution >= 0.6 is 23.2 Å². The van der Waals surface area contributed by atoms with Gasteiger partial charge in [-0.05, 0) is 31.0 Å². The minimum Gasteiger partial charge on any atom is -0.507 e. The summed E-state index contributed by atoms with van der Waals surface area (Å²) in [5, 5.41) is 13.0. The van der Waals surface area contributed by atoms with Crippen LogP contribution in [0.1, 0.15) is 42.5 Å². The van der Waals surface area contributed by atoms with E-state index in [9.17, 15) is 9.90 Å². The highest BCUT2D eigenvalue weighted by atomic mass is 35.5. The molecule has 2 N–H and O–H groups in total. The molecule has 1 aliphatic carbocycles. The molecule has 1 saturated carbocycles. The van der Waals surface area contributed by atoms with Gasteiger partial charge >= 0.3 is 0 Å². The Morgan fingerprint density at radius 1 is 1.26 bits per heavy atom. The third kappa shape index (κ3) is 3.77. The van der Waals surface area contributed by atoms with Gasteiger partial charge in [0.05, 0.1) is 10.9 Å². The number of carbonyl (C=O) groups is 1. The molecule has 0 aromatic heterocycles. The summed E-state index contributed by atoms with van der Waals surface area (Å²) in [6.07, 6.45) is 5.10. The van der Waals surface area contributed by atoms with Crippen molar-refractivity contribution in [3.05, 3.63) is 28.8 Å². The molecule has 2 rings (SSSR count). The maximum absolute atomic E-state index is 12.2. The molecule has 0 radical (unpaired) electrons. The van der Waals surface area contributed by atoms with Crippen LogP contribution in [0.4, 0.5) is 0 Å². The van der Waals surface area contributed by atoms with E-state index in [-0.39, 0.29) is 28.6 Å². The highest BCUT2D eigenvalue weighted by Gasteiger charge is 2.24. The number of aromatic hydroxyl groups is 1. The predicted octanol–water partition coefficient (Wildman–Crippen LogP) is 3.72. The second kappa shape index (κ2) is 6.49. The van der Waals surface area contributed by atoms with Crippen LogP contribution < -0.4 is 5.32 Å². The topological polar surface area (TPSA) is 49.3 Å². The average Bonchev–Trinajstić information content (AvgIpc) is 2.58. The van der Waals surface area contributed by atoms with Gasteiger partial charge in [-0.25, -0.2) is 0 Å². The third-order valence-electron chi connectivity index (χ3n) is 3.45. The fraction of sp³-hybridized carbons (Fsp3) is 0.500. The number of nitrogens with one attached hydrogen (secondary N) is 1. The van der Waals surface area contributed by atoms with E-state index in [4.69, 9.17) is 23.2 Å². The van der Waals surface area contributed by atoms with Crippen LogP contribution in [0.15, 0.2) is 18.2 Å². The molecule has 1 aromatic carbocycles. The van der Waals surface area contributed by atoms with E-state index in [0.717, 1.165) is 32.1 Å². The number of alkyl halides is 1. The zero-order valence-electron chi connectivity index (χ0n) is 10.5. The number of carbonyl (C=O) groups excluding carboxylic acids is 1. The van der Waals surface area contributed by atoms with Crippen LogP contribution in [-0.2, 0) is 0 Å². The van der Waals surface area contributed by atoms with Crippen LogP contribution in [0, 0.1) is 0 Å². The van der Waals surface area contributed by atoms with Crippen molar-refractivity contribution in [3.8, 4) is 5.75 Å². The fourth-order valence-electron chi connectivity index (χ4n) is 2.36. The molecular weight excluding hydrogens is 285 g/mol. The standard InChI is InChI=1S/C14H17Cl2NO2/c15-9-6-7-13(18)10(8-9)14(19)17-12-5-3-1-2-4-11(12)16/h6-8,11-12,18H,1-5H2,(H,17,19). The maximum atomic E-state index is 12.2. The normalized spacial score (nSPS) is 23.7. The van der Waals surface area contributed by atoms with Crippen molar-refractivity contribution >= 4 is 29.1 Å². The highest BCUT2D eigenvalue weighted by Crippen LogP contribution is 2.25. The monoisotopic (exact) mass is 301 g/mol. The van der Waals surface area contributed by atoms with Crippen molar-refractivity contribution in [3.63, 3.8) is 0 Å². The first kappa shape index (κ1) is 14.5. The second-order valence-electron chi connectivity index (χ2n) is 4.90. The Kier molecular flexibility index (Phi) is 4.94. The molecule has 0 aliphatic heterocycles. The number of phenols is 1. The van der Waals surface area contributed by atoms with E-state index in [0.29, 0.717) is 5.02 Å². The molecule has 1 aromatic rings. The second-order valence-corrected chi connectivity index (χ2v) is 5.89. The van der Waals surface area contributed by atoms with Crippen molar-refractivity contribution in [1.29, 1.82) is 0 Å². The highest BCUT2D eigenvalue weighted by molar-refractivity contribution is 6.31. The zero-order chi connectivity index (χ0) is 13.8. The van der Waals surface area contributed by atoms with Gasteiger partial charge in [0.15, 0.2) is 0 Å². The van der Waals surface area contributed by atoms with Gasteiger partial charge in [-0.3, -0.25) is 4.79 Å². The minimum atomic E-state index is -0.322. The molecule has 1 aliphatic rings. The molecule has 104 valence electrons. The molecule has 5 heteroatoms. The van der Waals surface area contributed by atoms with Crippen LogP contribution in [0.2, 0.25) is 5.02 Å². The van der Waals surface area contributed by atoms with E-state index in [2.05, 4.69) is 5.32 Å². The van der Waals surface area contributed by atoms with Gasteiger partial charge in [0.1, 0.15) is 5.75 Å². The van der Waals surface area contributed by atoms with Gasteiger partial charge in [-0.1, -0.05) is 30.9 Å². The average molecular weight is 302 g/mol. The zero-order valence-corrected chi connectivity index (χ0v) is 12.0. The lowest BCUT2D eigenvalue weighted by molar-refractivity contribution is 0.0931. The van der Waals surface area contributed by atoms with Crippen molar-refractivity contribution in [2.24, 2.45) is 0 Å². The SMILES string of the molecule is O=C(NC1CCCCCC1Cl)c1cc(Cl)ccc1O. The first-order valence-electron chi connectivity index (χ1n) is 6.51. The van der Waals surface area contributed by atoms with Gasteiger partial charge in [0.2, 0.25) is 0 Å². The molecule has 0 bridgehead atoms. The summed E-state index contributed by atoms with van der Waals surface area (Å²) in [4.78, 5) is 12.2. The molecule has 19 heavy (non-hydrogen) atoms. The lowest BCUT2D eigenvalue weighted by Crippen LogP contribution is -2.40. The number of hydrogen-bond acceptors (Lipinski definition) is 2. The molecule has 0 spiro atoms. The number of amides is 1. The smallest absolute Gasteiger partial charge is 0.255 e. The first-order valence-corrected chi connectivity index (χ1v) is 7.33. The molecule has 3 nitrogen and oxygen atoms in total. The van der Waals surface area contributed by atoms with E-state index >= 15 is 0 Å². The lowest BCUT2D eigenvalue weighted by Gasteiger charge is -2.21. The van der Waals surface area contributed by atoms with Gasteiger partial charge in [-0.15, -0.1) is 11.6 Å². The molecule has 0 heterocycles. The summed E-state index contributed by atoms with van der Waals surface area (Å²) in [5.74, 6) is -0.390. The Bertz CT molecular complexity index is 465. The first-order chi connectivity index (χ1) is 9.08. The van der Waals surface area contributed by atoms with Gasteiger partial charge in [0.25, 0.3) is 5.91 Å². The van der Waals surface area contributed by atoms with E-state index < -0.39 is 0 Å². The summed E-state index contributed by atoms with van der Waals surface area (Å²) < 4.78 is 0.